The number of hydrogen-bond acceptors (Lipinski definition) is 2. The summed E-state index contributed by atoms with van der Waals surface area (Å²) in [4.78, 5) is 13.9. The van der Waals surface area contributed by atoms with Gasteiger partial charge in [0.05, 0.1) is 6.54 Å². The van der Waals surface area contributed by atoms with E-state index in [-0.39, 0.29) is 18.1 Å². The quantitative estimate of drug-likeness (QED) is 0.409. The van der Waals surface area contributed by atoms with Gasteiger partial charge in [-0.05, 0) is 32.1 Å². The molecule has 3 atom stereocenters. The lowest BCUT2D eigenvalue weighted by Gasteiger charge is -2.33. The maximum absolute atomic E-state index is 12.6. The van der Waals surface area contributed by atoms with Gasteiger partial charge in [-0.25, -0.2) is 10.1 Å². The number of carbonyl (C=O) groups is 1. The fourth-order valence-electron chi connectivity index (χ4n) is 3.93. The normalized spacial score (nSPS) is 44.3. The van der Waals surface area contributed by atoms with Gasteiger partial charge in [-0.3, -0.25) is 4.90 Å². The van der Waals surface area contributed by atoms with Gasteiger partial charge in [-0.2, -0.15) is 0 Å². The van der Waals surface area contributed by atoms with E-state index in [0.29, 0.717) is 5.91 Å². The van der Waals surface area contributed by atoms with E-state index in [9.17, 15) is 4.79 Å². The molecule has 3 fully saturated rings. The van der Waals surface area contributed by atoms with Gasteiger partial charge in [-0.15, -0.1) is 0 Å². The zero-order valence-corrected chi connectivity index (χ0v) is 13.1. The molecule has 3 aliphatic heterocycles. The topological polar surface area (TPSA) is 33.5 Å². The maximum Gasteiger partial charge on any atom is 0.344 e. The predicted octanol–water partition coefficient (Wildman–Crippen LogP) is -1.67. The first-order valence-electron chi connectivity index (χ1n) is 7.06. The van der Waals surface area contributed by atoms with Crippen molar-refractivity contribution < 1.29 is 22.1 Å². The third-order valence-electron chi connectivity index (χ3n) is 4.80. The molecule has 3 heterocycles. The summed E-state index contributed by atoms with van der Waals surface area (Å²) in [5.41, 5.74) is 0.0531. The Morgan fingerprint density at radius 3 is 2.33 bits per heavy atom. The van der Waals surface area contributed by atoms with Crippen LogP contribution in [-0.4, -0.2) is 22.6 Å². The summed E-state index contributed by atoms with van der Waals surface area (Å²) in [5, 5.41) is 3.70. The molecule has 0 aliphatic carbocycles. The largest absolute Gasteiger partial charge is 1.00 e. The molecule has 1 amide bonds. The van der Waals surface area contributed by atoms with E-state index >= 15 is 0 Å². The van der Waals surface area contributed by atoms with Gasteiger partial charge in [0.25, 0.3) is 0 Å². The summed E-state index contributed by atoms with van der Waals surface area (Å²) >= 11 is 3.72. The smallest absolute Gasteiger partial charge is 0.344 e. The molecule has 3 aliphatic rings. The monoisotopic (exact) mass is 336 g/mol. The molecule has 0 aromatic heterocycles. The van der Waals surface area contributed by atoms with Gasteiger partial charge in [0, 0.05) is 12.8 Å². The number of quaternary nitrogens is 1. The van der Waals surface area contributed by atoms with Crippen molar-refractivity contribution in [3.05, 3.63) is 0 Å². The Balaban J connectivity index is 0.00000120. The zero-order chi connectivity index (χ0) is 11.9. The van der Waals surface area contributed by atoms with Crippen LogP contribution in [0.2, 0.25) is 0 Å². The second kappa shape index (κ2) is 5.39. The highest BCUT2D eigenvalue weighted by molar-refractivity contribution is 9.10. The van der Waals surface area contributed by atoms with Crippen LogP contribution >= 0.6 is 15.9 Å². The van der Waals surface area contributed by atoms with Crippen molar-refractivity contribution in [2.24, 2.45) is 0 Å². The van der Waals surface area contributed by atoms with Crippen molar-refractivity contribution in [1.29, 1.82) is 0 Å². The van der Waals surface area contributed by atoms with Crippen LogP contribution in [0.15, 0.2) is 0 Å². The fraction of sp³-hybridized carbons (Fsp3) is 0.923. The summed E-state index contributed by atoms with van der Waals surface area (Å²) in [6, 6.07) is 0. The van der Waals surface area contributed by atoms with Crippen molar-refractivity contribution in [3.8, 4) is 0 Å². The molecule has 0 saturated carbocycles. The van der Waals surface area contributed by atoms with Crippen LogP contribution in [0.25, 0.3) is 0 Å². The first-order valence-corrected chi connectivity index (χ1v) is 7.85. The molecule has 104 valence electrons. The average molecular weight is 338 g/mol. The van der Waals surface area contributed by atoms with Gasteiger partial charge in [0.1, 0.15) is 0 Å². The molecular weight excluding hydrogens is 316 g/mol. The number of halogens is 2. The number of amides is 1. The van der Waals surface area contributed by atoms with E-state index in [1.807, 2.05) is 0 Å². The van der Waals surface area contributed by atoms with Gasteiger partial charge >= 0.3 is 5.91 Å². The molecule has 2 N–H and O–H groups in total. The molecule has 3 saturated heterocycles. The number of carbonyl (C=O) groups excluding carboxylic acids is 1. The van der Waals surface area contributed by atoms with Gasteiger partial charge in [0.15, 0.2) is 10.1 Å². The predicted molar refractivity (Wildman–Crippen MR) is 69.9 cm³/mol. The Morgan fingerprint density at radius 1 is 1.00 bits per heavy atom. The first kappa shape index (κ1) is 14.8. The van der Waals surface area contributed by atoms with Crippen molar-refractivity contribution in [1.82, 2.24) is 5.32 Å². The van der Waals surface area contributed by atoms with Crippen LogP contribution in [0.5, 0.6) is 0 Å². The van der Waals surface area contributed by atoms with Crippen molar-refractivity contribution in [2.75, 3.05) is 6.54 Å². The number of hydrogen-bond donors (Lipinski definition) is 2. The minimum atomic E-state index is -0.417. The van der Waals surface area contributed by atoms with Crippen LogP contribution < -0.4 is 22.6 Å². The third-order valence-corrected chi connectivity index (χ3v) is 5.76. The van der Waals surface area contributed by atoms with Gasteiger partial charge in [0.2, 0.25) is 0 Å². The molecule has 2 bridgehead atoms. The maximum atomic E-state index is 12.6. The number of alkyl halides is 1. The number of rotatable bonds is 0. The van der Waals surface area contributed by atoms with Crippen molar-refractivity contribution in [2.45, 2.75) is 67.9 Å². The standard InChI is InChI=1S/C13H21BrN2O.ClH/c14-13-9-5-1-3-7-12(15-13)8-4-2-6-10-16(12)11(13)17;/h15H,1-10H2;1H. The average Bonchev–Trinajstić information content (AvgIpc) is 2.43. The molecule has 0 aromatic rings. The van der Waals surface area contributed by atoms with Gasteiger partial charge < -0.3 is 12.4 Å². The highest BCUT2D eigenvalue weighted by Crippen LogP contribution is 2.35. The summed E-state index contributed by atoms with van der Waals surface area (Å²) in [7, 11) is 0. The molecule has 0 aromatic carbocycles. The van der Waals surface area contributed by atoms with Crippen molar-refractivity contribution in [3.63, 3.8) is 0 Å². The molecule has 18 heavy (non-hydrogen) atoms. The number of fused-ring (bicyclic) bond motifs is 1. The minimum Gasteiger partial charge on any atom is -1.00 e. The Kier molecular flexibility index (Phi) is 4.42. The van der Waals surface area contributed by atoms with Crippen LogP contribution in [0, 0.1) is 0 Å². The Morgan fingerprint density at radius 2 is 1.61 bits per heavy atom. The van der Waals surface area contributed by atoms with Gasteiger partial charge in [-0.1, -0.05) is 28.8 Å². The lowest BCUT2D eigenvalue weighted by atomic mass is 9.93. The van der Waals surface area contributed by atoms with E-state index in [0.717, 1.165) is 19.4 Å². The molecule has 3 rings (SSSR count). The summed E-state index contributed by atoms with van der Waals surface area (Å²) in [5.74, 6) is 0.376. The molecule has 3 nitrogen and oxygen atoms in total. The Hall–Kier alpha value is 0.360. The SMILES string of the molecule is O=C1[NH+]2CCCCCC23CCCCCC1(Br)N3.[Cl-]. The van der Waals surface area contributed by atoms with E-state index in [4.69, 9.17) is 0 Å². The second-order valence-corrected chi connectivity index (χ2v) is 7.29. The Labute approximate surface area is 124 Å². The van der Waals surface area contributed by atoms with Crippen LogP contribution in [0.3, 0.4) is 0 Å². The van der Waals surface area contributed by atoms with E-state index in [2.05, 4.69) is 21.2 Å². The summed E-state index contributed by atoms with van der Waals surface area (Å²) in [6.45, 7) is 1.03. The van der Waals surface area contributed by atoms with E-state index in [1.165, 1.54) is 49.8 Å². The lowest BCUT2D eigenvalue weighted by molar-refractivity contribution is -0.872. The highest BCUT2D eigenvalue weighted by atomic mass is 79.9. The fourth-order valence-corrected chi connectivity index (χ4v) is 4.83. The minimum absolute atomic E-state index is 0. The lowest BCUT2D eigenvalue weighted by Crippen LogP contribution is -3.21. The molecule has 3 unspecified atom stereocenters. The molecular formula is C13H22BrClN2O. The number of nitrogens with one attached hydrogen (secondary N) is 2. The first-order chi connectivity index (χ1) is 8.16. The molecule has 1 spiro atoms. The highest BCUT2D eigenvalue weighted by Gasteiger charge is 2.62. The second-order valence-electron chi connectivity index (χ2n) is 5.94. The molecule has 5 heteroatoms. The van der Waals surface area contributed by atoms with Crippen LogP contribution in [0.1, 0.15) is 57.8 Å². The van der Waals surface area contributed by atoms with E-state index < -0.39 is 4.45 Å². The Bertz CT molecular complexity index is 341. The van der Waals surface area contributed by atoms with Crippen LogP contribution in [0.4, 0.5) is 0 Å². The van der Waals surface area contributed by atoms with E-state index in [1.54, 1.807) is 0 Å². The zero-order valence-electron chi connectivity index (χ0n) is 10.7. The van der Waals surface area contributed by atoms with Crippen molar-refractivity contribution >= 4 is 21.8 Å². The summed E-state index contributed by atoms with van der Waals surface area (Å²) in [6.07, 6.45) is 10.8. The van der Waals surface area contributed by atoms with Crippen LogP contribution in [-0.2, 0) is 4.79 Å². The summed E-state index contributed by atoms with van der Waals surface area (Å²) < 4.78 is -0.417. The third kappa shape index (κ3) is 2.26. The molecule has 0 radical (unpaired) electrons.